The molecule has 0 N–H and O–H groups in total. The lowest BCUT2D eigenvalue weighted by molar-refractivity contribution is 1.66. The summed E-state index contributed by atoms with van der Waals surface area (Å²) < 4.78 is 0. The monoisotopic (exact) mass is 323 g/mol. The SMILES string of the molecule is [Br][Mg][Br].[CH2]c1ccc2ccccc2c1. The van der Waals surface area contributed by atoms with Gasteiger partial charge in [0.25, 0.3) is 0 Å². The molecule has 0 unspecified atom stereocenters. The molecule has 0 aromatic heterocycles. The molecule has 0 saturated heterocycles. The Kier molecular flexibility index (Phi) is 6.09. The third-order valence-corrected chi connectivity index (χ3v) is 1.81. The van der Waals surface area contributed by atoms with Gasteiger partial charge in [-0.2, -0.15) is 0 Å². The van der Waals surface area contributed by atoms with E-state index in [1.165, 1.54) is 10.8 Å². The summed E-state index contributed by atoms with van der Waals surface area (Å²) in [5.74, 6) is 0. The zero-order valence-corrected chi connectivity index (χ0v) is 12.3. The van der Waals surface area contributed by atoms with Crippen LogP contribution in [0, 0.1) is 6.92 Å². The van der Waals surface area contributed by atoms with Gasteiger partial charge in [-0.1, -0.05) is 42.5 Å². The maximum atomic E-state index is 3.87. The summed E-state index contributed by atoms with van der Waals surface area (Å²) in [6.07, 6.45) is 0. The van der Waals surface area contributed by atoms with Gasteiger partial charge in [0.2, 0.25) is 0 Å². The molecule has 2 aromatic rings. The Morgan fingerprint density at radius 1 is 0.929 bits per heavy atom. The van der Waals surface area contributed by atoms with Crippen LogP contribution in [-0.4, -0.2) is 16.0 Å². The lowest BCUT2D eigenvalue weighted by Crippen LogP contribution is -1.73. The molecule has 0 aliphatic carbocycles. The third-order valence-electron chi connectivity index (χ3n) is 1.81. The second-order valence-corrected chi connectivity index (χ2v) is 10.9. The standard InChI is InChI=1S/C11H9.2BrH.Mg/c1-9-6-7-10-4-2-3-5-11(10)8-9;;;/h2-8H,1H2;2*1H;/q;;;+2/p-2. The minimum Gasteiger partial charge on any atom is -0.280 e. The molecule has 3 heteroatoms. The molecule has 2 rings (SSSR count). The minimum atomic E-state index is 0.0417. The van der Waals surface area contributed by atoms with E-state index in [2.05, 4.69) is 57.0 Å². The van der Waals surface area contributed by atoms with Gasteiger partial charge >= 0.3 is 16.0 Å². The van der Waals surface area contributed by atoms with Crippen molar-refractivity contribution in [3.8, 4) is 0 Å². The first-order valence-corrected chi connectivity index (χ1v) is 12.0. The van der Waals surface area contributed by atoms with Crippen molar-refractivity contribution in [1.82, 2.24) is 0 Å². The van der Waals surface area contributed by atoms with Crippen molar-refractivity contribution < 1.29 is 0 Å². The van der Waals surface area contributed by atoms with Crippen molar-refractivity contribution in [2.45, 2.75) is 0 Å². The van der Waals surface area contributed by atoms with Crippen molar-refractivity contribution in [2.75, 3.05) is 0 Å². The van der Waals surface area contributed by atoms with Crippen molar-refractivity contribution in [2.24, 2.45) is 0 Å². The van der Waals surface area contributed by atoms with E-state index in [1.807, 2.05) is 18.2 Å². The average molecular weight is 325 g/mol. The fraction of sp³-hybridized carbons (Fsp3) is 0. The van der Waals surface area contributed by atoms with Crippen LogP contribution in [0.15, 0.2) is 42.5 Å². The highest BCUT2D eigenvalue weighted by atomic mass is 79.9. The number of hydrogen-bond donors (Lipinski definition) is 0. The van der Waals surface area contributed by atoms with E-state index in [-0.39, 0.29) is 16.0 Å². The molecule has 0 saturated carbocycles. The number of halogens is 2. The molecule has 0 aliphatic heterocycles. The van der Waals surface area contributed by atoms with Crippen molar-refractivity contribution in [3.05, 3.63) is 55.0 Å². The normalized spacial score (nSPS) is 8.79. The number of rotatable bonds is 0. The van der Waals surface area contributed by atoms with Gasteiger partial charge in [0.1, 0.15) is 0 Å². The van der Waals surface area contributed by atoms with Crippen LogP contribution in [0.25, 0.3) is 10.8 Å². The smallest absolute Gasteiger partial charge is 0.280 e. The molecule has 0 aliphatic rings. The van der Waals surface area contributed by atoms with Crippen LogP contribution in [0.5, 0.6) is 0 Å². The van der Waals surface area contributed by atoms with Crippen LogP contribution >= 0.6 is 25.8 Å². The first-order valence-electron chi connectivity index (χ1n) is 4.20. The Morgan fingerprint density at radius 2 is 1.50 bits per heavy atom. The highest BCUT2D eigenvalue weighted by Gasteiger charge is 1.89. The summed E-state index contributed by atoms with van der Waals surface area (Å²) in [5, 5.41) is 2.54. The van der Waals surface area contributed by atoms with Crippen LogP contribution in [0.4, 0.5) is 0 Å². The van der Waals surface area contributed by atoms with Crippen molar-refractivity contribution >= 4 is 52.6 Å². The Labute approximate surface area is 107 Å². The van der Waals surface area contributed by atoms with Gasteiger partial charge in [0.15, 0.2) is 0 Å². The minimum absolute atomic E-state index is 0.0417. The molecule has 1 radical (unpaired) electrons. The molecule has 0 heterocycles. The Hall–Kier alpha value is 0.426. The number of benzene rings is 2. The Balaban J connectivity index is 0.000000293. The van der Waals surface area contributed by atoms with Crippen molar-refractivity contribution in [1.29, 1.82) is 0 Å². The Bertz CT molecular complexity index is 401. The summed E-state index contributed by atoms with van der Waals surface area (Å²) in [7, 11) is 0. The summed E-state index contributed by atoms with van der Waals surface area (Å²) >= 11 is 6.44. The van der Waals surface area contributed by atoms with Gasteiger partial charge in [-0.3, -0.25) is 25.8 Å². The third kappa shape index (κ3) is 3.89. The molecule has 14 heavy (non-hydrogen) atoms. The van der Waals surface area contributed by atoms with Crippen LogP contribution in [0.1, 0.15) is 5.56 Å². The van der Waals surface area contributed by atoms with Gasteiger partial charge in [0.05, 0.1) is 0 Å². The molecule has 0 atom stereocenters. The molecular weight excluding hydrogens is 316 g/mol. The van der Waals surface area contributed by atoms with Gasteiger partial charge in [-0.25, -0.2) is 0 Å². The fourth-order valence-electron chi connectivity index (χ4n) is 1.24. The second kappa shape index (κ2) is 6.83. The molecule has 0 fully saturated rings. The van der Waals surface area contributed by atoms with Crippen LogP contribution in [-0.2, 0) is 0 Å². The van der Waals surface area contributed by atoms with Crippen molar-refractivity contribution in [3.63, 3.8) is 0 Å². The number of fused-ring (bicyclic) bond motifs is 1. The van der Waals surface area contributed by atoms with E-state index < -0.39 is 0 Å². The highest BCUT2D eigenvalue weighted by Crippen LogP contribution is 2.14. The first-order chi connectivity index (χ1) is 6.77. The van der Waals surface area contributed by atoms with Gasteiger partial charge in [-0.15, -0.1) is 0 Å². The highest BCUT2D eigenvalue weighted by molar-refractivity contribution is 9.47. The van der Waals surface area contributed by atoms with Crippen LogP contribution in [0.2, 0.25) is 0 Å². The second-order valence-electron chi connectivity index (χ2n) is 2.78. The molecule has 69 valence electrons. The lowest BCUT2D eigenvalue weighted by Gasteiger charge is -1.96. The fourth-order valence-corrected chi connectivity index (χ4v) is 1.24. The van der Waals surface area contributed by atoms with Crippen LogP contribution < -0.4 is 0 Å². The quantitative estimate of drug-likeness (QED) is 0.632. The molecular formula is C11H9Br2Mg. The van der Waals surface area contributed by atoms with E-state index >= 15 is 0 Å². The summed E-state index contributed by atoms with van der Waals surface area (Å²) in [4.78, 5) is 0. The van der Waals surface area contributed by atoms with Gasteiger partial charge in [-0.05, 0) is 23.3 Å². The zero-order chi connectivity index (χ0) is 10.4. The Morgan fingerprint density at radius 3 is 2.14 bits per heavy atom. The van der Waals surface area contributed by atoms with Crippen LogP contribution in [0.3, 0.4) is 0 Å². The average Bonchev–Trinajstić information content (AvgIpc) is 2.19. The number of hydrogen-bond acceptors (Lipinski definition) is 0. The molecule has 0 nitrogen and oxygen atoms in total. The molecule has 0 spiro atoms. The van der Waals surface area contributed by atoms with E-state index in [0.29, 0.717) is 0 Å². The first kappa shape index (κ1) is 12.5. The zero-order valence-electron chi connectivity index (χ0n) is 7.71. The van der Waals surface area contributed by atoms with E-state index in [9.17, 15) is 0 Å². The maximum Gasteiger partial charge on any atom is 0.560 e. The summed E-state index contributed by atoms with van der Waals surface area (Å²) in [5.41, 5.74) is 1.07. The van der Waals surface area contributed by atoms with Gasteiger partial charge < -0.3 is 0 Å². The predicted octanol–water partition coefficient (Wildman–Crippen LogP) is 4.33. The topological polar surface area (TPSA) is 0 Å². The van der Waals surface area contributed by atoms with E-state index in [0.717, 1.165) is 5.56 Å². The van der Waals surface area contributed by atoms with E-state index in [1.54, 1.807) is 0 Å². The summed E-state index contributed by atoms with van der Waals surface area (Å²) in [6.45, 7) is 3.87. The molecule has 0 amide bonds. The van der Waals surface area contributed by atoms with Gasteiger partial charge in [0, 0.05) is 0 Å². The summed E-state index contributed by atoms with van der Waals surface area (Å²) in [6, 6.07) is 14.5. The molecule has 2 aromatic carbocycles. The predicted molar refractivity (Wildman–Crippen MR) is 72.0 cm³/mol. The largest absolute Gasteiger partial charge is 0.560 e. The lowest BCUT2D eigenvalue weighted by atomic mass is 10.1. The van der Waals surface area contributed by atoms with E-state index in [4.69, 9.17) is 0 Å². The molecule has 0 bridgehead atoms. The maximum absolute atomic E-state index is 3.87.